The van der Waals surface area contributed by atoms with Crippen molar-refractivity contribution in [3.8, 4) is 28.4 Å². The lowest BCUT2D eigenvalue weighted by molar-refractivity contribution is 0.352. The predicted octanol–water partition coefficient (Wildman–Crippen LogP) is 3.15. The molecule has 2 aromatic rings. The van der Waals surface area contributed by atoms with Crippen LogP contribution in [-0.2, 0) is 6.54 Å². The summed E-state index contributed by atoms with van der Waals surface area (Å²) in [6.07, 6.45) is 0. The van der Waals surface area contributed by atoms with Gasteiger partial charge in [-0.1, -0.05) is 11.6 Å². The van der Waals surface area contributed by atoms with Crippen LogP contribution in [0.5, 0.6) is 17.2 Å². The number of hydrogen-bond acceptors (Lipinski definition) is 4. The second kappa shape index (κ2) is 6.50. The van der Waals surface area contributed by atoms with Gasteiger partial charge in [-0.25, -0.2) is 0 Å². The molecule has 0 amide bonds. The van der Waals surface area contributed by atoms with Gasteiger partial charge in [0.2, 0.25) is 0 Å². The van der Waals surface area contributed by atoms with Crippen molar-refractivity contribution in [3.63, 3.8) is 0 Å². The first-order chi connectivity index (χ1) is 10.1. The van der Waals surface area contributed by atoms with E-state index in [1.807, 2.05) is 31.2 Å². The molecule has 0 saturated carbocycles. The van der Waals surface area contributed by atoms with Crippen LogP contribution in [0.3, 0.4) is 0 Å². The number of aryl methyl sites for hydroxylation is 1. The fraction of sp³-hybridized carbons (Fsp3) is 0.294. The molecule has 4 heteroatoms. The maximum atomic E-state index is 5.83. The number of hydrogen-bond donors (Lipinski definition) is 1. The molecule has 0 spiro atoms. The molecule has 0 aliphatic carbocycles. The van der Waals surface area contributed by atoms with E-state index in [1.54, 1.807) is 21.3 Å². The van der Waals surface area contributed by atoms with Crippen molar-refractivity contribution in [1.29, 1.82) is 0 Å². The van der Waals surface area contributed by atoms with E-state index in [1.165, 1.54) is 0 Å². The van der Waals surface area contributed by atoms with E-state index in [0.29, 0.717) is 18.0 Å². The zero-order valence-electron chi connectivity index (χ0n) is 12.9. The van der Waals surface area contributed by atoms with Crippen LogP contribution >= 0.6 is 0 Å². The summed E-state index contributed by atoms with van der Waals surface area (Å²) < 4.78 is 16.3. The Balaban J connectivity index is 2.67. The van der Waals surface area contributed by atoms with Crippen molar-refractivity contribution in [2.45, 2.75) is 13.5 Å². The maximum absolute atomic E-state index is 5.83. The van der Waals surface area contributed by atoms with Gasteiger partial charge in [0, 0.05) is 17.7 Å². The summed E-state index contributed by atoms with van der Waals surface area (Å²) in [5.74, 6) is 2.16. The van der Waals surface area contributed by atoms with E-state index >= 15 is 0 Å². The zero-order valence-corrected chi connectivity index (χ0v) is 12.9. The van der Waals surface area contributed by atoms with E-state index in [9.17, 15) is 0 Å². The molecule has 112 valence electrons. The second-order valence-electron chi connectivity index (χ2n) is 4.78. The molecule has 0 aliphatic rings. The summed E-state index contributed by atoms with van der Waals surface area (Å²) in [6, 6.07) is 10.0. The van der Waals surface area contributed by atoms with Gasteiger partial charge in [-0.2, -0.15) is 0 Å². The van der Waals surface area contributed by atoms with Gasteiger partial charge in [0.05, 0.1) is 21.3 Å². The highest BCUT2D eigenvalue weighted by Crippen LogP contribution is 2.39. The predicted molar refractivity (Wildman–Crippen MR) is 84.2 cm³/mol. The van der Waals surface area contributed by atoms with Crippen LogP contribution in [0.4, 0.5) is 0 Å². The van der Waals surface area contributed by atoms with Crippen LogP contribution in [0.25, 0.3) is 11.1 Å². The number of methoxy groups -OCH3 is 3. The van der Waals surface area contributed by atoms with Crippen LogP contribution in [0.15, 0.2) is 30.3 Å². The van der Waals surface area contributed by atoms with Gasteiger partial charge in [0.15, 0.2) is 11.5 Å². The van der Waals surface area contributed by atoms with Gasteiger partial charge >= 0.3 is 0 Å². The van der Waals surface area contributed by atoms with Crippen LogP contribution in [0, 0.1) is 6.92 Å². The lowest BCUT2D eigenvalue weighted by atomic mass is 9.99. The third-order valence-corrected chi connectivity index (χ3v) is 3.44. The first-order valence-electron chi connectivity index (χ1n) is 6.74. The molecule has 0 bridgehead atoms. The van der Waals surface area contributed by atoms with Crippen molar-refractivity contribution in [2.24, 2.45) is 5.73 Å². The summed E-state index contributed by atoms with van der Waals surface area (Å²) in [6.45, 7) is 2.43. The molecule has 0 saturated heterocycles. The molecule has 0 heterocycles. The third-order valence-electron chi connectivity index (χ3n) is 3.44. The molecule has 21 heavy (non-hydrogen) atoms. The number of ether oxygens (including phenoxy) is 3. The summed E-state index contributed by atoms with van der Waals surface area (Å²) in [4.78, 5) is 0. The monoisotopic (exact) mass is 287 g/mol. The molecule has 4 nitrogen and oxygen atoms in total. The van der Waals surface area contributed by atoms with Gasteiger partial charge in [-0.3, -0.25) is 0 Å². The minimum atomic E-state index is 0.376. The third kappa shape index (κ3) is 2.95. The van der Waals surface area contributed by atoms with Crippen molar-refractivity contribution in [3.05, 3.63) is 41.5 Å². The topological polar surface area (TPSA) is 53.7 Å². The fourth-order valence-electron chi connectivity index (χ4n) is 2.40. The van der Waals surface area contributed by atoms with Gasteiger partial charge in [-0.05, 0) is 36.8 Å². The van der Waals surface area contributed by atoms with Gasteiger partial charge < -0.3 is 19.9 Å². The summed E-state index contributed by atoms with van der Waals surface area (Å²) in [7, 11) is 4.90. The Hall–Kier alpha value is -2.20. The van der Waals surface area contributed by atoms with Crippen LogP contribution < -0.4 is 19.9 Å². The van der Waals surface area contributed by atoms with E-state index in [4.69, 9.17) is 19.9 Å². The van der Waals surface area contributed by atoms with E-state index < -0.39 is 0 Å². The Morgan fingerprint density at radius 2 is 1.62 bits per heavy atom. The molecule has 0 aliphatic heterocycles. The largest absolute Gasteiger partial charge is 0.496 e. The molecule has 0 fully saturated rings. The van der Waals surface area contributed by atoms with Crippen LogP contribution in [0.2, 0.25) is 0 Å². The van der Waals surface area contributed by atoms with Crippen molar-refractivity contribution in [1.82, 2.24) is 0 Å². The lowest BCUT2D eigenvalue weighted by Gasteiger charge is -2.16. The van der Waals surface area contributed by atoms with Crippen molar-refractivity contribution >= 4 is 0 Å². The van der Waals surface area contributed by atoms with Crippen LogP contribution in [-0.4, -0.2) is 21.3 Å². The lowest BCUT2D eigenvalue weighted by Crippen LogP contribution is -2.02. The Morgan fingerprint density at radius 1 is 0.905 bits per heavy atom. The standard InChI is InChI=1S/C17H21NO3/c1-11-5-6-15(19-2)14(7-11)12-8-13(10-18)17(21-4)16(9-12)20-3/h5-9H,10,18H2,1-4H3. The molecule has 0 radical (unpaired) electrons. The Labute approximate surface area is 125 Å². The van der Waals surface area contributed by atoms with Gasteiger partial charge in [0.25, 0.3) is 0 Å². The molecule has 2 N–H and O–H groups in total. The van der Waals surface area contributed by atoms with Gasteiger partial charge in [0.1, 0.15) is 5.75 Å². The highest BCUT2D eigenvalue weighted by Gasteiger charge is 2.14. The Kier molecular flexibility index (Phi) is 4.70. The summed E-state index contributed by atoms with van der Waals surface area (Å²) in [5, 5.41) is 0. The second-order valence-corrected chi connectivity index (χ2v) is 4.78. The molecule has 0 unspecified atom stereocenters. The van der Waals surface area contributed by atoms with E-state index in [2.05, 4.69) is 6.07 Å². The summed E-state index contributed by atoms with van der Waals surface area (Å²) in [5.41, 5.74) is 9.89. The maximum Gasteiger partial charge on any atom is 0.165 e. The number of benzene rings is 2. The normalized spacial score (nSPS) is 10.3. The van der Waals surface area contributed by atoms with E-state index in [-0.39, 0.29) is 0 Å². The highest BCUT2D eigenvalue weighted by atomic mass is 16.5. The van der Waals surface area contributed by atoms with Crippen molar-refractivity contribution in [2.75, 3.05) is 21.3 Å². The first kappa shape index (κ1) is 15.2. The number of nitrogens with two attached hydrogens (primary N) is 1. The first-order valence-corrected chi connectivity index (χ1v) is 6.74. The zero-order chi connectivity index (χ0) is 15.4. The number of rotatable bonds is 5. The average molecular weight is 287 g/mol. The average Bonchev–Trinajstić information content (AvgIpc) is 2.53. The molecule has 2 rings (SSSR count). The van der Waals surface area contributed by atoms with Crippen LogP contribution in [0.1, 0.15) is 11.1 Å². The SMILES string of the molecule is COc1ccc(C)cc1-c1cc(CN)c(OC)c(OC)c1. The molecular weight excluding hydrogens is 266 g/mol. The van der Waals surface area contributed by atoms with E-state index in [0.717, 1.165) is 28.0 Å². The minimum absolute atomic E-state index is 0.376. The van der Waals surface area contributed by atoms with Crippen molar-refractivity contribution < 1.29 is 14.2 Å². The fourth-order valence-corrected chi connectivity index (χ4v) is 2.40. The molecule has 0 aromatic heterocycles. The molecular formula is C17H21NO3. The summed E-state index contributed by atoms with van der Waals surface area (Å²) >= 11 is 0. The van der Waals surface area contributed by atoms with Gasteiger partial charge in [-0.15, -0.1) is 0 Å². The smallest absolute Gasteiger partial charge is 0.165 e. The molecule has 0 atom stereocenters. The molecule has 2 aromatic carbocycles. The Morgan fingerprint density at radius 3 is 2.19 bits per heavy atom. The Bertz CT molecular complexity index is 613. The quantitative estimate of drug-likeness (QED) is 0.918. The highest BCUT2D eigenvalue weighted by molar-refractivity contribution is 5.75. The minimum Gasteiger partial charge on any atom is -0.496 e.